The molecule has 0 radical (unpaired) electrons. The fourth-order valence-corrected chi connectivity index (χ4v) is 6.26. The first-order valence-corrected chi connectivity index (χ1v) is 17.9. The van der Waals surface area contributed by atoms with Gasteiger partial charge >= 0.3 is 6.03 Å². The first-order valence-electron chi connectivity index (χ1n) is 17.9. The molecule has 5 rings (SSSR count). The van der Waals surface area contributed by atoms with Gasteiger partial charge in [0.15, 0.2) is 5.82 Å². The van der Waals surface area contributed by atoms with Crippen LogP contribution in [0.5, 0.6) is 0 Å². The summed E-state index contributed by atoms with van der Waals surface area (Å²) in [4.78, 5) is 87.6. The highest BCUT2D eigenvalue weighted by Crippen LogP contribution is 2.24. The first-order chi connectivity index (χ1) is 25.3. The Labute approximate surface area is 308 Å². The maximum absolute atomic E-state index is 13.9. The van der Waals surface area contributed by atoms with Gasteiger partial charge in [-0.3, -0.25) is 28.9 Å². The van der Waals surface area contributed by atoms with Crippen molar-refractivity contribution in [2.45, 2.75) is 72.1 Å². The smallest absolute Gasteiger partial charge is 0.322 e. The number of benzene rings is 2. The van der Waals surface area contributed by atoms with Crippen LogP contribution >= 0.6 is 0 Å². The Morgan fingerprint density at radius 3 is 2.30 bits per heavy atom. The van der Waals surface area contributed by atoms with Crippen LogP contribution in [0.4, 0.5) is 10.5 Å². The van der Waals surface area contributed by atoms with Crippen molar-refractivity contribution >= 4 is 41.3 Å². The van der Waals surface area contributed by atoms with E-state index >= 15 is 0 Å². The van der Waals surface area contributed by atoms with E-state index in [2.05, 4.69) is 36.7 Å². The SMILES string of the molecule is Cc1ccc(C(=O)N2CCCNC(=O)Cn3nc(-c4ccccc4)nc3[C@H](C)NC(=O)[C@@H](CC(C)C)NC(=O)[C@@H](C)NC(=O)C2)cc1N1CCNC1=O. The molecule has 2 aliphatic heterocycles. The van der Waals surface area contributed by atoms with Crippen LogP contribution in [-0.2, 0) is 25.7 Å². The van der Waals surface area contributed by atoms with E-state index in [9.17, 15) is 28.8 Å². The van der Waals surface area contributed by atoms with Gasteiger partial charge in [0, 0.05) is 43.0 Å². The standard InChI is InChI=1S/C37H48N10O6/c1-22(2)18-28-35(51)41-24(4)33-43-32(26-10-7-6-8-11-26)44-47(33)21-30(48)38-14-9-16-45(20-31(49)40-25(5)34(50)42-28)36(52)27-13-12-23(3)29(19-27)46-17-15-39-37(46)53/h6-8,10-13,19,22,24-25,28H,9,14-18,20-21H2,1-5H3,(H,38,48)(H,39,53)(H,40,49)(H,41,51)(H,42,50)/t24-,25+,28+/m0/s1. The lowest BCUT2D eigenvalue weighted by Crippen LogP contribution is -2.54. The normalized spacial score (nSPS) is 21.0. The summed E-state index contributed by atoms with van der Waals surface area (Å²) in [6, 6.07) is 11.4. The number of hydrogen-bond donors (Lipinski definition) is 5. The molecule has 0 bridgehead atoms. The molecule has 3 heterocycles. The average Bonchev–Trinajstić information content (AvgIpc) is 3.75. The number of urea groups is 1. The molecular weight excluding hydrogens is 680 g/mol. The molecule has 5 N–H and O–H groups in total. The van der Waals surface area contributed by atoms with Crippen molar-refractivity contribution in [3.8, 4) is 11.4 Å². The van der Waals surface area contributed by atoms with Gasteiger partial charge in [-0.2, -0.15) is 5.10 Å². The first kappa shape index (κ1) is 38.4. The summed E-state index contributed by atoms with van der Waals surface area (Å²) in [6.07, 6.45) is 0.617. The Morgan fingerprint density at radius 2 is 1.60 bits per heavy atom. The quantitative estimate of drug-likeness (QED) is 0.261. The minimum absolute atomic E-state index is 0.0339. The van der Waals surface area contributed by atoms with Crippen LogP contribution in [0, 0.1) is 12.8 Å². The second-order valence-corrected chi connectivity index (χ2v) is 13.8. The van der Waals surface area contributed by atoms with Crippen LogP contribution in [0.2, 0.25) is 0 Å². The van der Waals surface area contributed by atoms with Crippen LogP contribution in [0.15, 0.2) is 48.5 Å². The zero-order valence-corrected chi connectivity index (χ0v) is 30.8. The summed E-state index contributed by atoms with van der Waals surface area (Å²) in [6.45, 7) is 9.55. The molecule has 0 saturated carbocycles. The molecule has 1 saturated heterocycles. The number of nitrogens with zero attached hydrogens (tertiary/aromatic N) is 5. The van der Waals surface area contributed by atoms with Gasteiger partial charge in [0.25, 0.3) is 5.91 Å². The van der Waals surface area contributed by atoms with E-state index in [1.165, 1.54) is 16.5 Å². The van der Waals surface area contributed by atoms with Crippen molar-refractivity contribution in [3.05, 3.63) is 65.5 Å². The van der Waals surface area contributed by atoms with Gasteiger partial charge < -0.3 is 31.5 Å². The van der Waals surface area contributed by atoms with Crippen LogP contribution in [0.1, 0.15) is 68.3 Å². The largest absolute Gasteiger partial charge is 0.354 e. The summed E-state index contributed by atoms with van der Waals surface area (Å²) in [5, 5.41) is 18.6. The molecule has 282 valence electrons. The number of anilines is 1. The predicted molar refractivity (Wildman–Crippen MR) is 196 cm³/mol. The van der Waals surface area contributed by atoms with E-state index in [4.69, 9.17) is 0 Å². The maximum atomic E-state index is 13.9. The lowest BCUT2D eigenvalue weighted by molar-refractivity contribution is -0.132. The number of carbonyl (C=O) groups is 6. The number of amides is 7. The van der Waals surface area contributed by atoms with Gasteiger partial charge in [0.05, 0.1) is 12.6 Å². The van der Waals surface area contributed by atoms with E-state index in [0.29, 0.717) is 43.3 Å². The van der Waals surface area contributed by atoms with E-state index in [1.807, 2.05) is 51.1 Å². The van der Waals surface area contributed by atoms with Crippen LogP contribution in [-0.4, -0.2) is 100 Å². The number of rotatable bonds is 5. The number of fused-ring (bicyclic) bond motifs is 1. The van der Waals surface area contributed by atoms with Crippen molar-refractivity contribution in [1.29, 1.82) is 0 Å². The average molecular weight is 729 g/mol. The molecule has 3 atom stereocenters. The number of carbonyl (C=O) groups excluding carboxylic acids is 6. The third-order valence-electron chi connectivity index (χ3n) is 9.03. The lowest BCUT2D eigenvalue weighted by atomic mass is 10.0. The summed E-state index contributed by atoms with van der Waals surface area (Å²) in [7, 11) is 0. The molecule has 16 heteroatoms. The van der Waals surface area contributed by atoms with Crippen LogP contribution < -0.4 is 31.5 Å². The molecule has 53 heavy (non-hydrogen) atoms. The third kappa shape index (κ3) is 9.75. The molecular formula is C37H48N10O6. The minimum Gasteiger partial charge on any atom is -0.354 e. The number of aromatic nitrogens is 3. The van der Waals surface area contributed by atoms with E-state index in [0.717, 1.165) is 11.1 Å². The van der Waals surface area contributed by atoms with Gasteiger partial charge in [0.1, 0.15) is 24.5 Å². The number of nitrogens with one attached hydrogen (secondary N) is 5. The second-order valence-electron chi connectivity index (χ2n) is 13.8. The van der Waals surface area contributed by atoms with Gasteiger partial charge in [-0.1, -0.05) is 50.2 Å². The van der Waals surface area contributed by atoms with Crippen molar-refractivity contribution in [3.63, 3.8) is 0 Å². The van der Waals surface area contributed by atoms with Gasteiger partial charge in [0.2, 0.25) is 23.6 Å². The summed E-state index contributed by atoms with van der Waals surface area (Å²) < 4.78 is 1.45. The molecule has 2 aromatic carbocycles. The summed E-state index contributed by atoms with van der Waals surface area (Å²) in [5.74, 6) is -1.68. The highest BCUT2D eigenvalue weighted by Gasteiger charge is 2.30. The highest BCUT2D eigenvalue weighted by molar-refractivity contribution is 6.00. The van der Waals surface area contributed by atoms with E-state index in [-0.39, 0.29) is 49.6 Å². The summed E-state index contributed by atoms with van der Waals surface area (Å²) >= 11 is 0. The maximum Gasteiger partial charge on any atom is 0.322 e. The zero-order valence-electron chi connectivity index (χ0n) is 30.8. The monoisotopic (exact) mass is 728 g/mol. The van der Waals surface area contributed by atoms with Crippen LogP contribution in [0.3, 0.4) is 0 Å². The number of aryl methyl sites for hydroxylation is 1. The van der Waals surface area contributed by atoms with E-state index < -0.39 is 41.8 Å². The van der Waals surface area contributed by atoms with Gasteiger partial charge in [-0.05, 0) is 57.2 Å². The predicted octanol–water partition coefficient (Wildman–Crippen LogP) is 1.66. The molecule has 16 nitrogen and oxygen atoms in total. The molecule has 3 aromatic rings. The topological polar surface area (TPSA) is 200 Å². The summed E-state index contributed by atoms with van der Waals surface area (Å²) in [5.41, 5.74) is 2.40. The van der Waals surface area contributed by atoms with Crippen LogP contribution in [0.25, 0.3) is 11.4 Å². The Morgan fingerprint density at radius 1 is 0.849 bits per heavy atom. The third-order valence-corrected chi connectivity index (χ3v) is 9.03. The van der Waals surface area contributed by atoms with Gasteiger partial charge in [-0.15, -0.1) is 0 Å². The number of hydrogen-bond acceptors (Lipinski definition) is 8. The molecule has 0 spiro atoms. The van der Waals surface area contributed by atoms with Gasteiger partial charge in [-0.25, -0.2) is 14.5 Å². The minimum atomic E-state index is -1.03. The Bertz CT molecular complexity index is 1840. The highest BCUT2D eigenvalue weighted by atomic mass is 16.2. The molecule has 7 amide bonds. The molecule has 0 aliphatic carbocycles. The fourth-order valence-electron chi connectivity index (χ4n) is 6.26. The van der Waals surface area contributed by atoms with E-state index in [1.54, 1.807) is 30.0 Å². The Kier molecular flexibility index (Phi) is 12.4. The Balaban J connectivity index is 1.42. The lowest BCUT2D eigenvalue weighted by Gasteiger charge is -2.26. The second kappa shape index (κ2) is 17.1. The van der Waals surface area contributed by atoms with Crippen molar-refractivity contribution in [2.75, 3.05) is 37.6 Å². The molecule has 2 aliphatic rings. The van der Waals surface area contributed by atoms with Crippen molar-refractivity contribution in [1.82, 2.24) is 46.2 Å². The van der Waals surface area contributed by atoms with Crippen molar-refractivity contribution in [2.24, 2.45) is 5.92 Å². The van der Waals surface area contributed by atoms with Crippen molar-refractivity contribution < 1.29 is 28.8 Å². The fraction of sp³-hybridized carbons (Fsp3) is 0.459. The molecule has 1 aromatic heterocycles. The molecule has 1 fully saturated rings. The molecule has 0 unspecified atom stereocenters. The zero-order chi connectivity index (χ0) is 38.2. The Hall–Kier alpha value is -5.80.